The Morgan fingerprint density at radius 3 is 1.14 bits per heavy atom. The summed E-state index contributed by atoms with van der Waals surface area (Å²) in [7, 11) is 0. The number of fused-ring (bicyclic) bond motifs is 2. The van der Waals surface area contributed by atoms with E-state index in [1.807, 2.05) is 56.3 Å². The van der Waals surface area contributed by atoms with Crippen LogP contribution >= 0.6 is 0 Å². The van der Waals surface area contributed by atoms with Crippen LogP contribution in [0.25, 0.3) is 43.1 Å². The Bertz CT molecular complexity index is 3900. The van der Waals surface area contributed by atoms with Crippen LogP contribution in [0.3, 0.4) is 0 Å². The van der Waals surface area contributed by atoms with E-state index < -0.39 is 22.6 Å². The summed E-state index contributed by atoms with van der Waals surface area (Å²) in [6, 6.07) is 27.5. The van der Waals surface area contributed by atoms with Crippen LogP contribution in [0.5, 0.6) is 23.0 Å². The van der Waals surface area contributed by atoms with Crippen molar-refractivity contribution in [2.75, 3.05) is 10.6 Å². The largest absolute Gasteiger partial charge is 0.457 e. The summed E-state index contributed by atoms with van der Waals surface area (Å²) in [6.07, 6.45) is 1.19. The van der Waals surface area contributed by atoms with Gasteiger partial charge in [-0.1, -0.05) is 163 Å². The number of nitrogens with zero attached hydrogens (tertiary/aromatic N) is 2. The molecular weight excluding hydrogens is 991 g/mol. The normalized spacial score (nSPS) is 14.8. The van der Waals surface area contributed by atoms with Crippen molar-refractivity contribution in [2.45, 2.75) is 190 Å². The van der Waals surface area contributed by atoms with Gasteiger partial charge in [0.1, 0.15) is 23.0 Å². The molecule has 0 aliphatic carbocycles. The van der Waals surface area contributed by atoms with Crippen molar-refractivity contribution in [3.63, 3.8) is 0 Å². The van der Waals surface area contributed by atoms with Gasteiger partial charge >= 0.3 is 0 Å². The highest BCUT2D eigenvalue weighted by molar-refractivity contribution is 6.45. The predicted octanol–water partition coefficient (Wildman–Crippen LogP) is 18.3. The molecule has 8 aromatic carbocycles. The number of ether oxygens (including phenoxy) is 2. The van der Waals surface area contributed by atoms with E-state index in [9.17, 15) is 0 Å². The second-order valence-electron chi connectivity index (χ2n) is 29.0. The number of carbonyl (C=O) groups excluding carboxylic acids is 4. The number of nitrogens with two attached hydrogens (primary N) is 1. The first-order chi connectivity index (χ1) is 36.9. The molecule has 0 aromatic heterocycles. The highest BCUT2D eigenvalue weighted by atomic mass is 16.5. The third-order valence-electron chi connectivity index (χ3n) is 16.9. The molecule has 0 fully saturated rings. The minimum atomic E-state index is -0.519. The van der Waals surface area contributed by atoms with Gasteiger partial charge in [-0.25, -0.2) is 4.90 Å². The SMILES string of the molecule is CCC(CC)N1C(=O)c2ccc3c4c(Oc5cc(C(C)(C)C)cc(C(C)(C)C)c5)cc5c6c(ccc(c7c(Oc8cc(C(C)(C)C)cc(C(C)(C)C)c8)cc(c2c37)C1=O)c64)C(=O)N(c1cc(C(C)(C)C)c(N)cc1C(C)(C)C)C5=O. The van der Waals surface area contributed by atoms with E-state index in [1.54, 1.807) is 6.07 Å². The van der Waals surface area contributed by atoms with Gasteiger partial charge in [0.15, 0.2) is 0 Å². The number of hydrogen-bond donors (Lipinski definition) is 1. The Balaban J connectivity index is 1.38. The summed E-state index contributed by atoms with van der Waals surface area (Å²) in [4.78, 5) is 64.9. The summed E-state index contributed by atoms with van der Waals surface area (Å²) in [5.74, 6) is 0.286. The van der Waals surface area contributed by atoms with E-state index in [-0.39, 0.29) is 39.5 Å². The molecule has 9 nitrogen and oxygen atoms in total. The molecule has 0 saturated carbocycles. The van der Waals surface area contributed by atoms with Gasteiger partial charge in [0.25, 0.3) is 23.6 Å². The fourth-order valence-electron chi connectivity index (χ4n) is 12.1. The minimum Gasteiger partial charge on any atom is -0.457 e. The molecule has 8 aromatic rings. The molecule has 0 bridgehead atoms. The smallest absolute Gasteiger partial charge is 0.266 e. The highest BCUT2D eigenvalue weighted by Crippen LogP contribution is 2.54. The number of benzene rings is 8. The first kappa shape index (κ1) is 56.0. The number of anilines is 2. The van der Waals surface area contributed by atoms with Gasteiger partial charge in [-0.3, -0.25) is 24.1 Å². The van der Waals surface area contributed by atoms with Crippen molar-refractivity contribution in [3.05, 3.63) is 141 Å². The second kappa shape index (κ2) is 18.4. The van der Waals surface area contributed by atoms with Crippen LogP contribution in [0, 0.1) is 0 Å². The molecule has 0 unspecified atom stereocenters. The summed E-state index contributed by atoms with van der Waals surface area (Å²) in [5, 5.41) is 4.95. The van der Waals surface area contributed by atoms with Crippen molar-refractivity contribution < 1.29 is 28.7 Å². The van der Waals surface area contributed by atoms with E-state index in [2.05, 4.69) is 161 Å². The Morgan fingerprint density at radius 1 is 0.400 bits per heavy atom. The average molecular weight is 1070 g/mol. The van der Waals surface area contributed by atoms with Gasteiger partial charge in [0, 0.05) is 55.2 Å². The maximum Gasteiger partial charge on any atom is 0.266 e. The summed E-state index contributed by atoms with van der Waals surface area (Å²) in [6.45, 7) is 42.6. The quantitative estimate of drug-likeness (QED) is 0.0696. The number of rotatable bonds is 8. The summed E-state index contributed by atoms with van der Waals surface area (Å²) in [5.41, 5.74) is 13.3. The predicted molar refractivity (Wildman–Crippen MR) is 330 cm³/mol. The molecule has 10 rings (SSSR count). The molecule has 9 heteroatoms. The number of amides is 4. The zero-order valence-corrected chi connectivity index (χ0v) is 51.0. The summed E-state index contributed by atoms with van der Waals surface area (Å²) >= 11 is 0. The van der Waals surface area contributed by atoms with Gasteiger partial charge in [-0.2, -0.15) is 0 Å². The van der Waals surface area contributed by atoms with Crippen molar-refractivity contribution in [3.8, 4) is 23.0 Å². The Kier molecular flexibility index (Phi) is 12.9. The Hall–Kier alpha value is -7.26. The zero-order valence-electron chi connectivity index (χ0n) is 51.0. The standard InChI is InChI=1S/C71H81N3O6/c1-21-41(22-2)73-62(75)46-25-23-44-59-55(80-43-31-39(68(9,10)11)28-40(32-43)69(12,13)14)34-49-57-47(63(76)74(65(49)78)53-36-50(70(15,16)17)52(72)35-51(53)71(18,19)20)26-24-45(61(57)59)58-54(33-48(64(73)77)56(46)60(44)58)79-42-29-37(66(3,4)5)27-38(30-42)67(6,7)8/h23-36,41H,21-22,72H2,1-20H3. The van der Waals surface area contributed by atoms with Gasteiger partial charge in [0.05, 0.1) is 16.8 Å². The van der Waals surface area contributed by atoms with Crippen LogP contribution in [0.1, 0.15) is 226 Å². The maximum absolute atomic E-state index is 16.1. The van der Waals surface area contributed by atoms with Crippen LogP contribution < -0.4 is 20.1 Å². The molecule has 80 heavy (non-hydrogen) atoms. The van der Waals surface area contributed by atoms with E-state index in [1.165, 1.54) is 9.80 Å². The fraction of sp³-hybridized carbons (Fsp3) is 0.408. The fourth-order valence-corrected chi connectivity index (χ4v) is 12.1. The molecule has 0 saturated heterocycles. The number of imide groups is 2. The van der Waals surface area contributed by atoms with Crippen LogP contribution in [-0.4, -0.2) is 34.6 Å². The molecule has 416 valence electrons. The molecule has 4 amide bonds. The van der Waals surface area contributed by atoms with E-state index in [0.717, 1.165) is 33.4 Å². The van der Waals surface area contributed by atoms with Gasteiger partial charge in [0.2, 0.25) is 0 Å². The average Bonchev–Trinajstić information content (AvgIpc) is 3.34. The van der Waals surface area contributed by atoms with Gasteiger partial charge in [-0.05, 0) is 150 Å². The molecule has 0 atom stereocenters. The topological polar surface area (TPSA) is 119 Å². The molecule has 2 heterocycles. The lowest BCUT2D eigenvalue weighted by atomic mass is 9.78. The molecule has 2 aliphatic heterocycles. The first-order valence-corrected chi connectivity index (χ1v) is 28.6. The van der Waals surface area contributed by atoms with E-state index in [0.29, 0.717) is 113 Å². The Labute approximate surface area is 473 Å². The van der Waals surface area contributed by atoms with Gasteiger partial charge in [-0.15, -0.1) is 0 Å². The van der Waals surface area contributed by atoms with Crippen molar-refractivity contribution in [1.82, 2.24) is 4.90 Å². The van der Waals surface area contributed by atoms with E-state index >= 15 is 19.2 Å². The van der Waals surface area contributed by atoms with Crippen molar-refractivity contribution in [2.24, 2.45) is 0 Å². The molecule has 0 spiro atoms. The molecule has 0 radical (unpaired) electrons. The third kappa shape index (κ3) is 9.07. The zero-order chi connectivity index (χ0) is 58.6. The van der Waals surface area contributed by atoms with Crippen molar-refractivity contribution in [1.29, 1.82) is 0 Å². The number of hydrogen-bond acceptors (Lipinski definition) is 7. The lowest BCUT2D eigenvalue weighted by Crippen LogP contribution is -2.46. The highest BCUT2D eigenvalue weighted by Gasteiger charge is 2.43. The summed E-state index contributed by atoms with van der Waals surface area (Å²) < 4.78 is 14.7. The third-order valence-corrected chi connectivity index (χ3v) is 16.9. The van der Waals surface area contributed by atoms with Gasteiger partial charge < -0.3 is 15.2 Å². The minimum absolute atomic E-state index is 0.236. The molecule has 2 N–H and O–H groups in total. The number of nitrogen functional groups attached to an aromatic ring is 1. The lowest BCUT2D eigenvalue weighted by Gasteiger charge is -2.35. The van der Waals surface area contributed by atoms with Crippen LogP contribution in [0.15, 0.2) is 84.9 Å². The second-order valence-corrected chi connectivity index (χ2v) is 29.0. The Morgan fingerprint density at radius 2 is 0.762 bits per heavy atom. The number of carbonyl (C=O) groups is 4. The van der Waals surface area contributed by atoms with Crippen LogP contribution in [0.4, 0.5) is 11.4 Å². The van der Waals surface area contributed by atoms with Crippen molar-refractivity contribution >= 4 is 78.1 Å². The lowest BCUT2D eigenvalue weighted by molar-refractivity contribution is 0.0529. The maximum atomic E-state index is 16.1. The molecule has 2 aliphatic rings. The first-order valence-electron chi connectivity index (χ1n) is 28.6. The molecular formula is C71H81N3O6. The van der Waals surface area contributed by atoms with Crippen LogP contribution in [-0.2, 0) is 32.5 Å². The van der Waals surface area contributed by atoms with E-state index in [4.69, 9.17) is 15.2 Å². The van der Waals surface area contributed by atoms with Crippen LogP contribution in [0.2, 0.25) is 0 Å². The monoisotopic (exact) mass is 1070 g/mol.